The van der Waals surface area contributed by atoms with Crippen LogP contribution in [0.25, 0.3) is 0 Å². The summed E-state index contributed by atoms with van der Waals surface area (Å²) >= 11 is 0. The molecule has 94 valence electrons. The van der Waals surface area contributed by atoms with E-state index in [9.17, 15) is 0 Å². The molecule has 2 unspecified atom stereocenters. The summed E-state index contributed by atoms with van der Waals surface area (Å²) in [5, 5.41) is 3.64. The Hall–Kier alpha value is -1.02. The zero-order chi connectivity index (χ0) is 12.3. The van der Waals surface area contributed by atoms with E-state index in [0.29, 0.717) is 6.04 Å². The topological polar surface area (TPSA) is 21.3 Å². The van der Waals surface area contributed by atoms with Gasteiger partial charge in [0.05, 0.1) is 7.11 Å². The summed E-state index contributed by atoms with van der Waals surface area (Å²) in [6.07, 6.45) is 3.89. The monoisotopic (exact) mass is 233 g/mol. The maximum absolute atomic E-state index is 5.26. The van der Waals surface area contributed by atoms with Crippen molar-refractivity contribution in [2.75, 3.05) is 13.7 Å². The van der Waals surface area contributed by atoms with Crippen molar-refractivity contribution in [2.45, 2.75) is 39.2 Å². The molecule has 1 fully saturated rings. The van der Waals surface area contributed by atoms with Crippen LogP contribution in [0.1, 0.15) is 43.4 Å². The fraction of sp³-hybridized carbons (Fsp3) is 0.600. The number of nitrogens with one attached hydrogen (secondary N) is 1. The second kappa shape index (κ2) is 5.54. The molecule has 1 aromatic rings. The van der Waals surface area contributed by atoms with Crippen LogP contribution in [0.2, 0.25) is 0 Å². The van der Waals surface area contributed by atoms with Crippen molar-refractivity contribution in [2.24, 2.45) is 5.92 Å². The second-order valence-corrected chi connectivity index (χ2v) is 5.03. The van der Waals surface area contributed by atoms with Crippen molar-refractivity contribution in [1.82, 2.24) is 5.32 Å². The largest absolute Gasteiger partial charge is 0.497 e. The lowest BCUT2D eigenvalue weighted by atomic mass is 9.86. The van der Waals surface area contributed by atoms with E-state index in [-0.39, 0.29) is 0 Å². The second-order valence-electron chi connectivity index (χ2n) is 5.03. The first kappa shape index (κ1) is 12.4. The predicted octanol–water partition coefficient (Wildman–Crippen LogP) is 3.45. The molecule has 1 heterocycles. The number of benzene rings is 1. The van der Waals surface area contributed by atoms with Crippen molar-refractivity contribution in [3.63, 3.8) is 0 Å². The minimum Gasteiger partial charge on any atom is -0.497 e. The van der Waals surface area contributed by atoms with Crippen LogP contribution < -0.4 is 10.1 Å². The molecule has 1 N–H and O–H groups in total. The first-order valence-corrected chi connectivity index (χ1v) is 6.62. The van der Waals surface area contributed by atoms with Gasteiger partial charge in [-0.1, -0.05) is 19.4 Å². The molecular formula is C15H23NO. The van der Waals surface area contributed by atoms with E-state index in [0.717, 1.165) is 18.2 Å². The molecule has 2 heteroatoms. The molecule has 1 saturated heterocycles. The Balaban J connectivity index is 2.16. The molecule has 0 amide bonds. The number of rotatable bonds is 3. The van der Waals surface area contributed by atoms with Crippen LogP contribution in [0.3, 0.4) is 0 Å². The number of piperidine rings is 1. The van der Waals surface area contributed by atoms with Gasteiger partial charge in [0, 0.05) is 6.04 Å². The molecule has 0 aromatic heterocycles. The molecule has 2 rings (SSSR count). The Kier molecular flexibility index (Phi) is 4.06. The van der Waals surface area contributed by atoms with Crippen LogP contribution in [-0.4, -0.2) is 13.7 Å². The summed E-state index contributed by atoms with van der Waals surface area (Å²) in [6, 6.07) is 6.94. The summed E-state index contributed by atoms with van der Waals surface area (Å²) in [4.78, 5) is 0. The van der Waals surface area contributed by atoms with E-state index in [1.165, 1.54) is 30.4 Å². The fourth-order valence-corrected chi connectivity index (χ4v) is 2.77. The molecule has 1 aliphatic heterocycles. The van der Waals surface area contributed by atoms with E-state index < -0.39 is 0 Å². The Morgan fingerprint density at radius 1 is 1.41 bits per heavy atom. The van der Waals surface area contributed by atoms with Crippen molar-refractivity contribution in [1.29, 1.82) is 0 Å². The molecule has 17 heavy (non-hydrogen) atoms. The van der Waals surface area contributed by atoms with Gasteiger partial charge in [0.1, 0.15) is 5.75 Å². The summed E-state index contributed by atoms with van der Waals surface area (Å²) < 4.78 is 5.26. The van der Waals surface area contributed by atoms with Crippen molar-refractivity contribution in [3.8, 4) is 5.75 Å². The van der Waals surface area contributed by atoms with Gasteiger partial charge in [0.2, 0.25) is 0 Å². The van der Waals surface area contributed by atoms with Crippen molar-refractivity contribution < 1.29 is 4.74 Å². The molecule has 1 aliphatic rings. The van der Waals surface area contributed by atoms with Crippen LogP contribution in [0.15, 0.2) is 18.2 Å². The zero-order valence-corrected chi connectivity index (χ0v) is 11.1. The van der Waals surface area contributed by atoms with Crippen molar-refractivity contribution in [3.05, 3.63) is 29.3 Å². The number of ether oxygens (including phenoxy) is 1. The summed E-state index contributed by atoms with van der Waals surface area (Å²) in [5.74, 6) is 1.83. The van der Waals surface area contributed by atoms with Gasteiger partial charge in [0.15, 0.2) is 0 Å². The smallest absolute Gasteiger partial charge is 0.119 e. The first-order chi connectivity index (χ1) is 8.24. The Morgan fingerprint density at radius 3 is 2.88 bits per heavy atom. The van der Waals surface area contributed by atoms with Gasteiger partial charge in [-0.05, 0) is 55.5 Å². The molecule has 0 spiro atoms. The summed E-state index contributed by atoms with van der Waals surface area (Å²) in [6.45, 7) is 5.62. The van der Waals surface area contributed by atoms with Gasteiger partial charge in [0.25, 0.3) is 0 Å². The first-order valence-electron chi connectivity index (χ1n) is 6.62. The fourth-order valence-electron chi connectivity index (χ4n) is 2.77. The van der Waals surface area contributed by atoms with Gasteiger partial charge >= 0.3 is 0 Å². The highest BCUT2D eigenvalue weighted by Crippen LogP contribution is 2.31. The van der Waals surface area contributed by atoms with Gasteiger partial charge in [-0.15, -0.1) is 0 Å². The molecule has 0 aliphatic carbocycles. The van der Waals surface area contributed by atoms with Crippen LogP contribution in [0.4, 0.5) is 0 Å². The lowest BCUT2D eigenvalue weighted by Crippen LogP contribution is -2.31. The van der Waals surface area contributed by atoms with E-state index in [2.05, 4.69) is 37.4 Å². The van der Waals surface area contributed by atoms with Gasteiger partial charge in [-0.3, -0.25) is 0 Å². The van der Waals surface area contributed by atoms with E-state index in [1.807, 2.05) is 0 Å². The minimum absolute atomic E-state index is 0.527. The van der Waals surface area contributed by atoms with Gasteiger partial charge < -0.3 is 10.1 Å². The average Bonchev–Trinajstić information content (AvgIpc) is 2.38. The quantitative estimate of drug-likeness (QED) is 0.863. The normalized spacial score (nSPS) is 24.6. The van der Waals surface area contributed by atoms with Crippen LogP contribution in [0.5, 0.6) is 5.75 Å². The molecule has 0 saturated carbocycles. The number of hydrogen-bond donors (Lipinski definition) is 1. The molecule has 2 nitrogen and oxygen atoms in total. The Bertz CT molecular complexity index is 375. The van der Waals surface area contributed by atoms with Crippen molar-refractivity contribution >= 4 is 0 Å². The summed E-state index contributed by atoms with van der Waals surface area (Å²) in [5.41, 5.74) is 2.77. The number of aryl methyl sites for hydroxylation is 1. The predicted molar refractivity (Wildman–Crippen MR) is 71.5 cm³/mol. The van der Waals surface area contributed by atoms with Crippen LogP contribution in [0, 0.1) is 12.8 Å². The third-order valence-electron chi connectivity index (χ3n) is 3.94. The SMILES string of the molecule is CCC1CCNC(c2ccc(OC)cc2C)C1. The van der Waals surface area contributed by atoms with E-state index in [1.54, 1.807) is 7.11 Å². The zero-order valence-electron chi connectivity index (χ0n) is 11.1. The molecule has 0 bridgehead atoms. The highest BCUT2D eigenvalue weighted by molar-refractivity contribution is 5.36. The van der Waals surface area contributed by atoms with E-state index in [4.69, 9.17) is 4.74 Å². The number of hydrogen-bond acceptors (Lipinski definition) is 2. The lowest BCUT2D eigenvalue weighted by Gasteiger charge is -2.31. The molecule has 1 aromatic carbocycles. The average molecular weight is 233 g/mol. The highest BCUT2D eigenvalue weighted by atomic mass is 16.5. The summed E-state index contributed by atoms with van der Waals surface area (Å²) in [7, 11) is 1.72. The Morgan fingerprint density at radius 2 is 2.24 bits per heavy atom. The van der Waals surface area contributed by atoms with Crippen LogP contribution in [-0.2, 0) is 0 Å². The van der Waals surface area contributed by atoms with Gasteiger partial charge in [-0.25, -0.2) is 0 Å². The Labute approximate surface area is 104 Å². The maximum Gasteiger partial charge on any atom is 0.119 e. The van der Waals surface area contributed by atoms with Gasteiger partial charge in [-0.2, -0.15) is 0 Å². The minimum atomic E-state index is 0.527. The lowest BCUT2D eigenvalue weighted by molar-refractivity contribution is 0.298. The highest BCUT2D eigenvalue weighted by Gasteiger charge is 2.22. The maximum atomic E-state index is 5.26. The number of methoxy groups -OCH3 is 1. The molecule has 0 radical (unpaired) electrons. The standard InChI is InChI=1S/C15H23NO/c1-4-12-7-8-16-15(10-12)14-6-5-13(17-3)9-11(14)2/h5-6,9,12,15-16H,4,7-8,10H2,1-3H3. The molecular weight excluding hydrogens is 210 g/mol. The molecule has 2 atom stereocenters. The third-order valence-corrected chi connectivity index (χ3v) is 3.94. The third kappa shape index (κ3) is 2.81. The van der Waals surface area contributed by atoms with E-state index >= 15 is 0 Å². The van der Waals surface area contributed by atoms with Crippen LogP contribution >= 0.6 is 0 Å².